The molecule has 6 nitrogen and oxygen atoms in total. The number of ether oxygens (including phenoxy) is 1. The molecule has 1 saturated heterocycles. The molecule has 1 atom stereocenters. The first-order chi connectivity index (χ1) is 13.6. The van der Waals surface area contributed by atoms with Crippen molar-refractivity contribution in [2.24, 2.45) is 0 Å². The van der Waals surface area contributed by atoms with Crippen LogP contribution in [0.4, 0.5) is 4.39 Å². The highest BCUT2D eigenvalue weighted by Crippen LogP contribution is 2.26. The number of aromatic nitrogens is 2. The maximum atomic E-state index is 13.7. The van der Waals surface area contributed by atoms with E-state index in [1.165, 1.54) is 17.7 Å². The molecule has 148 valence electrons. The van der Waals surface area contributed by atoms with Crippen molar-refractivity contribution in [3.8, 4) is 5.75 Å². The third-order valence-electron chi connectivity index (χ3n) is 5.47. The summed E-state index contributed by atoms with van der Waals surface area (Å²) in [6.45, 7) is 3.00. The van der Waals surface area contributed by atoms with Gasteiger partial charge in [-0.15, -0.1) is 0 Å². The molecular formula is C21H25FN4O2. The molecule has 0 aliphatic carbocycles. The van der Waals surface area contributed by atoms with Crippen molar-refractivity contribution in [2.45, 2.75) is 31.7 Å². The summed E-state index contributed by atoms with van der Waals surface area (Å²) in [6, 6.07) is 6.13. The Morgan fingerprint density at radius 3 is 3.04 bits per heavy atom. The largest absolute Gasteiger partial charge is 0.481 e. The number of para-hydroxylation sites is 1. The van der Waals surface area contributed by atoms with Gasteiger partial charge in [-0.25, -0.2) is 14.4 Å². The van der Waals surface area contributed by atoms with Crippen LogP contribution in [-0.2, 0) is 17.8 Å². The second-order valence-electron chi connectivity index (χ2n) is 7.59. The molecule has 2 aliphatic rings. The van der Waals surface area contributed by atoms with Crippen molar-refractivity contribution >= 4 is 5.91 Å². The van der Waals surface area contributed by atoms with Crippen LogP contribution < -0.4 is 4.74 Å². The van der Waals surface area contributed by atoms with Crippen LogP contribution in [0.25, 0.3) is 0 Å². The van der Waals surface area contributed by atoms with Crippen molar-refractivity contribution in [1.82, 2.24) is 19.8 Å². The van der Waals surface area contributed by atoms with Crippen LogP contribution in [-0.4, -0.2) is 59.0 Å². The molecule has 2 aliphatic heterocycles. The minimum atomic E-state index is -0.458. The summed E-state index contributed by atoms with van der Waals surface area (Å²) in [6.07, 6.45) is 4.75. The van der Waals surface area contributed by atoms with E-state index in [9.17, 15) is 9.18 Å². The Morgan fingerprint density at radius 1 is 1.32 bits per heavy atom. The topological polar surface area (TPSA) is 58.6 Å². The number of carbonyl (C=O) groups excluding carboxylic acids is 1. The average molecular weight is 384 g/mol. The van der Waals surface area contributed by atoms with E-state index in [0.717, 1.165) is 43.9 Å². The number of carbonyl (C=O) groups is 1. The second kappa shape index (κ2) is 8.22. The highest BCUT2D eigenvalue weighted by atomic mass is 19.1. The first-order valence-electron chi connectivity index (χ1n) is 9.78. The Morgan fingerprint density at radius 2 is 2.18 bits per heavy atom. The van der Waals surface area contributed by atoms with Crippen molar-refractivity contribution in [2.75, 3.05) is 33.3 Å². The summed E-state index contributed by atoms with van der Waals surface area (Å²) >= 11 is 0. The molecule has 0 N–H and O–H groups in total. The number of piperidine rings is 1. The van der Waals surface area contributed by atoms with Crippen LogP contribution in [0.2, 0.25) is 0 Å². The van der Waals surface area contributed by atoms with Crippen LogP contribution in [0.15, 0.2) is 30.5 Å². The maximum absolute atomic E-state index is 13.7. The first kappa shape index (κ1) is 18.8. The van der Waals surface area contributed by atoms with E-state index in [1.807, 2.05) is 6.20 Å². The predicted molar refractivity (Wildman–Crippen MR) is 103 cm³/mol. The molecule has 28 heavy (non-hydrogen) atoms. The summed E-state index contributed by atoms with van der Waals surface area (Å²) in [5.41, 5.74) is 2.33. The minimum absolute atomic E-state index is 0.104. The molecule has 7 heteroatoms. The van der Waals surface area contributed by atoms with Gasteiger partial charge in [0.15, 0.2) is 18.2 Å². The SMILES string of the molecule is CN1CCc2nc([C@H]3CCCN(C(=O)COc4ccccc4F)C3)ncc2C1. The van der Waals surface area contributed by atoms with Gasteiger partial charge in [-0.05, 0) is 32.0 Å². The lowest BCUT2D eigenvalue weighted by Crippen LogP contribution is -2.42. The Hall–Kier alpha value is -2.54. The summed E-state index contributed by atoms with van der Waals surface area (Å²) in [4.78, 5) is 26.0. The number of amides is 1. The monoisotopic (exact) mass is 384 g/mol. The van der Waals surface area contributed by atoms with E-state index in [4.69, 9.17) is 9.72 Å². The molecule has 0 bridgehead atoms. The highest BCUT2D eigenvalue weighted by molar-refractivity contribution is 5.78. The van der Waals surface area contributed by atoms with Gasteiger partial charge in [0.1, 0.15) is 5.82 Å². The van der Waals surface area contributed by atoms with Gasteiger partial charge < -0.3 is 14.5 Å². The molecule has 0 saturated carbocycles. The number of benzene rings is 1. The van der Waals surface area contributed by atoms with Crippen molar-refractivity contribution < 1.29 is 13.9 Å². The maximum Gasteiger partial charge on any atom is 0.260 e. The van der Waals surface area contributed by atoms with E-state index in [1.54, 1.807) is 17.0 Å². The van der Waals surface area contributed by atoms with Crippen LogP contribution in [0.1, 0.15) is 35.8 Å². The Kier molecular flexibility index (Phi) is 5.52. The van der Waals surface area contributed by atoms with E-state index in [0.29, 0.717) is 13.1 Å². The molecule has 3 heterocycles. The summed E-state index contributed by atoms with van der Waals surface area (Å²) < 4.78 is 19.0. The molecule has 1 aromatic heterocycles. The van der Waals surface area contributed by atoms with Gasteiger partial charge in [0.05, 0.1) is 0 Å². The van der Waals surface area contributed by atoms with Crippen LogP contribution in [0.5, 0.6) is 5.75 Å². The van der Waals surface area contributed by atoms with Gasteiger partial charge in [-0.2, -0.15) is 0 Å². The van der Waals surface area contributed by atoms with Crippen molar-refractivity contribution in [3.05, 3.63) is 53.4 Å². The third-order valence-corrected chi connectivity index (χ3v) is 5.47. The average Bonchev–Trinajstić information content (AvgIpc) is 2.72. The number of halogens is 1. The van der Waals surface area contributed by atoms with Gasteiger partial charge >= 0.3 is 0 Å². The fourth-order valence-corrected chi connectivity index (χ4v) is 3.88. The fraction of sp³-hybridized carbons (Fsp3) is 0.476. The first-order valence-corrected chi connectivity index (χ1v) is 9.78. The highest BCUT2D eigenvalue weighted by Gasteiger charge is 2.28. The molecule has 1 fully saturated rings. The molecule has 2 aromatic rings. The summed E-state index contributed by atoms with van der Waals surface area (Å²) in [7, 11) is 2.10. The van der Waals surface area contributed by atoms with E-state index in [-0.39, 0.29) is 24.2 Å². The molecule has 0 radical (unpaired) electrons. The zero-order chi connectivity index (χ0) is 19.5. The number of rotatable bonds is 4. The van der Waals surface area contributed by atoms with E-state index >= 15 is 0 Å². The lowest BCUT2D eigenvalue weighted by Gasteiger charge is -2.32. The third kappa shape index (κ3) is 4.14. The van der Waals surface area contributed by atoms with Gasteiger partial charge in [0, 0.05) is 56.0 Å². The Labute approximate surface area is 164 Å². The molecule has 1 amide bonds. The standard InChI is InChI=1S/C21H25FN4O2/c1-25-10-8-18-16(12-25)11-23-21(24-18)15-5-4-9-26(13-15)20(27)14-28-19-7-3-2-6-17(19)22/h2-3,6-7,11,15H,4-5,8-10,12-14H2,1H3/t15-/m0/s1. The molecule has 4 rings (SSSR count). The van der Waals surface area contributed by atoms with E-state index < -0.39 is 5.82 Å². The van der Waals surface area contributed by atoms with Gasteiger partial charge in [-0.1, -0.05) is 12.1 Å². The number of nitrogens with zero attached hydrogens (tertiary/aromatic N) is 4. The van der Waals surface area contributed by atoms with E-state index in [2.05, 4.69) is 16.9 Å². The lowest BCUT2D eigenvalue weighted by molar-refractivity contribution is -0.134. The molecule has 0 spiro atoms. The number of likely N-dealkylation sites (N-methyl/N-ethyl adjacent to an activating group) is 1. The fourth-order valence-electron chi connectivity index (χ4n) is 3.88. The normalized spacial score (nSPS) is 19.9. The predicted octanol–water partition coefficient (Wildman–Crippen LogP) is 2.39. The Balaban J connectivity index is 1.39. The number of fused-ring (bicyclic) bond motifs is 1. The quantitative estimate of drug-likeness (QED) is 0.810. The number of hydrogen-bond acceptors (Lipinski definition) is 5. The van der Waals surface area contributed by atoms with Gasteiger partial charge in [0.25, 0.3) is 5.91 Å². The van der Waals surface area contributed by atoms with Crippen LogP contribution >= 0.6 is 0 Å². The molecule has 0 unspecified atom stereocenters. The second-order valence-corrected chi connectivity index (χ2v) is 7.59. The smallest absolute Gasteiger partial charge is 0.260 e. The summed E-state index contributed by atoms with van der Waals surface area (Å²) in [5.74, 6) is 0.479. The van der Waals surface area contributed by atoms with Crippen molar-refractivity contribution in [3.63, 3.8) is 0 Å². The number of hydrogen-bond donors (Lipinski definition) is 0. The number of likely N-dealkylation sites (tertiary alicyclic amines) is 1. The zero-order valence-electron chi connectivity index (χ0n) is 16.1. The lowest BCUT2D eigenvalue weighted by atomic mass is 9.96. The molecular weight excluding hydrogens is 359 g/mol. The van der Waals surface area contributed by atoms with Crippen LogP contribution in [0.3, 0.4) is 0 Å². The van der Waals surface area contributed by atoms with Crippen LogP contribution in [0, 0.1) is 5.82 Å². The van der Waals surface area contributed by atoms with Gasteiger partial charge in [-0.3, -0.25) is 4.79 Å². The van der Waals surface area contributed by atoms with Crippen molar-refractivity contribution in [1.29, 1.82) is 0 Å². The molecule has 1 aromatic carbocycles. The minimum Gasteiger partial charge on any atom is -0.481 e. The zero-order valence-corrected chi connectivity index (χ0v) is 16.1. The summed E-state index contributed by atoms with van der Waals surface area (Å²) in [5, 5.41) is 0. The van der Waals surface area contributed by atoms with Gasteiger partial charge in [0.2, 0.25) is 0 Å². The Bertz CT molecular complexity index is 860.